The largest absolute Gasteiger partial charge is 0.449 e. The molecule has 0 saturated heterocycles. The molecule has 223 valence electrons. The highest BCUT2D eigenvalue weighted by molar-refractivity contribution is 6.23. The number of nitrogens with one attached hydrogen (secondary N) is 4. The van der Waals surface area contributed by atoms with Gasteiger partial charge in [0.05, 0.1) is 18.5 Å². The number of fused-ring (bicyclic) bond motifs is 2. The van der Waals surface area contributed by atoms with Crippen molar-refractivity contribution in [2.75, 3.05) is 11.9 Å². The first kappa shape index (κ1) is 28.8. The third-order valence-corrected chi connectivity index (χ3v) is 8.59. The Bertz CT molecular complexity index is 1580. The van der Waals surface area contributed by atoms with E-state index < -0.39 is 29.2 Å². The summed E-state index contributed by atoms with van der Waals surface area (Å²) in [6.07, 6.45) is 3.61. The normalized spacial score (nSPS) is 28.6. The highest BCUT2D eigenvalue weighted by atomic mass is 28.1. The van der Waals surface area contributed by atoms with Crippen LogP contribution in [0, 0.1) is 17.2 Å². The number of rotatable bonds is 4. The Labute approximate surface area is 251 Å². The van der Waals surface area contributed by atoms with E-state index in [4.69, 9.17) is 15.2 Å². The third-order valence-electron chi connectivity index (χ3n) is 8.11. The molecule has 12 nitrogen and oxygen atoms in total. The molecule has 3 aliphatic heterocycles. The fraction of sp³-hybridized carbons (Fsp3) is 0.379. The number of anilines is 1. The van der Waals surface area contributed by atoms with Gasteiger partial charge in [0.25, 0.3) is 0 Å². The molecule has 3 unspecified atom stereocenters. The number of nitrogens with two attached hydrogens (primary N) is 1. The molecule has 2 amide bonds. The summed E-state index contributed by atoms with van der Waals surface area (Å²) in [5.74, 6) is 0.379. The van der Waals surface area contributed by atoms with Gasteiger partial charge in [0.2, 0.25) is 11.8 Å². The number of hydrogen-bond acceptors (Lipinski definition) is 10. The van der Waals surface area contributed by atoms with Crippen LogP contribution in [0.1, 0.15) is 44.7 Å². The first-order chi connectivity index (χ1) is 20.5. The maximum Gasteiger partial charge on any atom is 0.411 e. The minimum absolute atomic E-state index is 0.128. The molecule has 1 fully saturated rings. The van der Waals surface area contributed by atoms with Crippen LogP contribution in [0.25, 0.3) is 5.57 Å². The van der Waals surface area contributed by atoms with E-state index in [0.717, 1.165) is 24.6 Å². The van der Waals surface area contributed by atoms with Crippen molar-refractivity contribution in [3.8, 4) is 5.88 Å². The second kappa shape index (κ2) is 10.8. The first-order valence-corrected chi connectivity index (χ1v) is 14.4. The van der Waals surface area contributed by atoms with Crippen LogP contribution in [-0.2, 0) is 16.1 Å². The van der Waals surface area contributed by atoms with E-state index in [0.29, 0.717) is 40.9 Å². The van der Waals surface area contributed by atoms with E-state index in [-0.39, 0.29) is 23.7 Å². The number of hydrogen-bond donors (Lipinski definition) is 5. The molecule has 6 N–H and O–H groups in total. The lowest BCUT2D eigenvalue weighted by atomic mass is 9.83. The van der Waals surface area contributed by atoms with Gasteiger partial charge in [-0.05, 0) is 63.3 Å². The number of carbonyl (C=O) groups is 2. The average Bonchev–Trinajstić information content (AvgIpc) is 3.74. The Morgan fingerprint density at radius 2 is 2.05 bits per heavy atom. The van der Waals surface area contributed by atoms with Crippen molar-refractivity contribution in [1.82, 2.24) is 25.9 Å². The van der Waals surface area contributed by atoms with Gasteiger partial charge in [-0.25, -0.2) is 19.2 Å². The maximum absolute atomic E-state index is 14.3. The van der Waals surface area contributed by atoms with Gasteiger partial charge in [-0.2, -0.15) is 5.10 Å². The number of carbonyl (C=O) groups excluding carboxylic acids is 2. The summed E-state index contributed by atoms with van der Waals surface area (Å²) in [7, 11) is 3.45. The Hall–Kier alpha value is -4.27. The standard InChI is InChI=1S/C29H32FN8O4Si/c1-15-24(43)36-26(39)28(2)14-34-38-22(31)21(17-6-8-20(9-7-17)35-27(40)41-13-16-4-5-16)29(3,37-25(28)38)33-11-18-10-19(30)12-32-23(18)42-15/h6-10,12,14,16,25,33,37H,4-5,11,13,31H2,1-3H3,(H,35,40)(H,36,39)/b24-15+. The molecule has 1 aliphatic carbocycles. The second-order valence-electron chi connectivity index (χ2n) is 11.5. The van der Waals surface area contributed by atoms with Crippen LogP contribution in [0.2, 0.25) is 0 Å². The Kier molecular flexibility index (Phi) is 7.22. The number of hydrazone groups is 1. The molecular weight excluding hydrogens is 571 g/mol. The molecule has 0 spiro atoms. The van der Waals surface area contributed by atoms with Crippen molar-refractivity contribution in [2.45, 2.75) is 52.0 Å². The van der Waals surface area contributed by atoms with Crippen molar-refractivity contribution >= 4 is 39.7 Å². The van der Waals surface area contributed by atoms with Gasteiger partial charge in [-0.15, -0.1) is 0 Å². The molecule has 4 aliphatic rings. The van der Waals surface area contributed by atoms with E-state index in [2.05, 4.69) is 41.6 Å². The van der Waals surface area contributed by atoms with E-state index in [9.17, 15) is 14.0 Å². The van der Waals surface area contributed by atoms with Crippen molar-refractivity contribution in [3.05, 3.63) is 70.4 Å². The van der Waals surface area contributed by atoms with Crippen molar-refractivity contribution in [3.63, 3.8) is 0 Å². The average molecular weight is 604 g/mol. The Morgan fingerprint density at radius 1 is 1.30 bits per heavy atom. The third kappa shape index (κ3) is 5.48. The van der Waals surface area contributed by atoms with Crippen LogP contribution in [-0.4, -0.2) is 56.9 Å². The summed E-state index contributed by atoms with van der Waals surface area (Å²) in [6.45, 7) is 5.84. The first-order valence-electron chi connectivity index (χ1n) is 13.9. The molecule has 14 heteroatoms. The van der Waals surface area contributed by atoms with Crippen molar-refractivity contribution in [2.24, 2.45) is 22.2 Å². The Balaban J connectivity index is 1.37. The molecule has 3 radical (unpaired) electrons. The molecular formula is C29H32FN8O4Si. The van der Waals surface area contributed by atoms with Crippen molar-refractivity contribution < 1.29 is 23.5 Å². The van der Waals surface area contributed by atoms with E-state index in [1.807, 2.05) is 19.1 Å². The lowest BCUT2D eigenvalue weighted by molar-refractivity contribution is -0.128. The molecule has 43 heavy (non-hydrogen) atoms. The molecule has 3 atom stereocenters. The van der Waals surface area contributed by atoms with Crippen LogP contribution in [0.4, 0.5) is 14.9 Å². The smallest absolute Gasteiger partial charge is 0.411 e. The fourth-order valence-electron chi connectivity index (χ4n) is 5.30. The van der Waals surface area contributed by atoms with Crippen molar-refractivity contribution in [1.29, 1.82) is 0 Å². The van der Waals surface area contributed by atoms with E-state index in [1.54, 1.807) is 37.2 Å². The lowest BCUT2D eigenvalue weighted by Crippen LogP contribution is -2.69. The van der Waals surface area contributed by atoms with Crippen LogP contribution in [0.15, 0.2) is 58.5 Å². The highest BCUT2D eigenvalue weighted by Crippen LogP contribution is 2.41. The fourth-order valence-corrected chi connectivity index (χ4v) is 5.47. The number of ether oxygens (including phenoxy) is 2. The SMILES string of the molecule is C/C1=C(\[Si])NC(=O)C2(C)C=NN3C(N)=C(c4ccc(NC(=O)OCC5CC5)cc4)C(C)(NCc4cc(F)cnc4O1)NC32. The van der Waals surface area contributed by atoms with E-state index >= 15 is 0 Å². The van der Waals surface area contributed by atoms with Crippen LogP contribution in [0.3, 0.4) is 0 Å². The number of amides is 2. The molecule has 2 bridgehead atoms. The number of benzene rings is 1. The zero-order chi connectivity index (χ0) is 30.5. The number of pyridine rings is 1. The second-order valence-corrected chi connectivity index (χ2v) is 12.0. The monoisotopic (exact) mass is 603 g/mol. The van der Waals surface area contributed by atoms with Gasteiger partial charge in [0.15, 0.2) is 0 Å². The number of halogens is 1. The lowest BCUT2D eigenvalue weighted by Gasteiger charge is -2.48. The zero-order valence-corrected chi connectivity index (χ0v) is 25.0. The van der Waals surface area contributed by atoms with Gasteiger partial charge in [-0.3, -0.25) is 20.7 Å². The van der Waals surface area contributed by atoms with E-state index in [1.165, 1.54) is 6.07 Å². The van der Waals surface area contributed by atoms with Gasteiger partial charge in [0, 0.05) is 34.9 Å². The molecule has 1 saturated carbocycles. The van der Waals surface area contributed by atoms with Gasteiger partial charge in [0.1, 0.15) is 39.2 Å². The summed E-state index contributed by atoms with van der Waals surface area (Å²) < 4.78 is 25.6. The quantitative estimate of drug-likeness (QED) is 0.332. The van der Waals surface area contributed by atoms with Crippen LogP contribution in [0.5, 0.6) is 5.88 Å². The summed E-state index contributed by atoms with van der Waals surface area (Å²) in [5, 5.41) is 19.0. The minimum atomic E-state index is -1.16. The molecule has 1 aromatic heterocycles. The Morgan fingerprint density at radius 3 is 2.77 bits per heavy atom. The van der Waals surface area contributed by atoms with Gasteiger partial charge >= 0.3 is 6.09 Å². The molecule has 6 rings (SSSR count). The predicted octanol–water partition coefficient (Wildman–Crippen LogP) is 2.42. The summed E-state index contributed by atoms with van der Waals surface area (Å²) >= 11 is 0. The summed E-state index contributed by atoms with van der Waals surface area (Å²) in [5.41, 5.74) is 6.96. The summed E-state index contributed by atoms with van der Waals surface area (Å²) in [6, 6.07) is 8.49. The number of aromatic nitrogens is 1. The van der Waals surface area contributed by atoms with Gasteiger partial charge < -0.3 is 20.5 Å². The highest BCUT2D eigenvalue weighted by Gasteiger charge is 2.55. The maximum atomic E-state index is 14.3. The number of nitrogens with zero attached hydrogens (tertiary/aromatic N) is 3. The summed E-state index contributed by atoms with van der Waals surface area (Å²) in [4.78, 5) is 30.0. The van der Waals surface area contributed by atoms with Crippen LogP contribution < -0.4 is 31.7 Å². The van der Waals surface area contributed by atoms with Gasteiger partial charge in [-0.1, -0.05) is 12.1 Å². The topological polar surface area (TPSA) is 155 Å². The number of allylic oxidation sites excluding steroid dienone is 1. The minimum Gasteiger partial charge on any atom is -0.449 e. The van der Waals surface area contributed by atoms with Crippen LogP contribution >= 0.6 is 0 Å². The molecule has 2 aromatic rings. The zero-order valence-electron chi connectivity index (χ0n) is 24.0. The molecule has 4 heterocycles. The predicted molar refractivity (Wildman–Crippen MR) is 157 cm³/mol. The molecule has 1 aromatic carbocycles.